The maximum absolute atomic E-state index is 5.86. The Labute approximate surface area is 85.2 Å². The van der Waals surface area contributed by atoms with E-state index in [1.807, 2.05) is 31.2 Å². The predicted octanol–water partition coefficient (Wildman–Crippen LogP) is 3.17. The summed E-state index contributed by atoms with van der Waals surface area (Å²) < 4.78 is 0. The minimum absolute atomic E-state index is 0.727. The Kier molecular flexibility index (Phi) is 2.29. The van der Waals surface area contributed by atoms with Gasteiger partial charge in [-0.3, -0.25) is 0 Å². The molecule has 0 saturated carbocycles. The molecule has 1 aromatic heterocycles. The molecule has 0 N–H and O–H groups in total. The SMILES string of the molecule is Cc1nnc(-c2cccc(Cl)c2)s1. The maximum atomic E-state index is 5.86. The molecule has 0 aliphatic heterocycles. The summed E-state index contributed by atoms with van der Waals surface area (Å²) in [4.78, 5) is 0. The lowest BCUT2D eigenvalue weighted by Crippen LogP contribution is -1.75. The second-order valence-corrected chi connectivity index (χ2v) is 4.25. The molecule has 0 saturated heterocycles. The number of aryl methyl sites for hydroxylation is 1. The molecule has 13 heavy (non-hydrogen) atoms. The molecular weight excluding hydrogens is 204 g/mol. The number of benzene rings is 1. The molecule has 0 unspecified atom stereocenters. The lowest BCUT2D eigenvalue weighted by Gasteiger charge is -1.94. The number of hydrogen-bond donors (Lipinski definition) is 0. The molecule has 0 aliphatic rings. The quantitative estimate of drug-likeness (QED) is 0.723. The third-order valence-corrected chi connectivity index (χ3v) is 2.72. The highest BCUT2D eigenvalue weighted by Gasteiger charge is 2.03. The fourth-order valence-electron chi connectivity index (χ4n) is 1.03. The molecule has 1 heterocycles. The number of hydrogen-bond acceptors (Lipinski definition) is 3. The Morgan fingerprint density at radius 3 is 2.77 bits per heavy atom. The van der Waals surface area contributed by atoms with Gasteiger partial charge in [0, 0.05) is 10.6 Å². The van der Waals surface area contributed by atoms with Crippen molar-refractivity contribution in [1.82, 2.24) is 10.2 Å². The van der Waals surface area contributed by atoms with Crippen LogP contribution >= 0.6 is 22.9 Å². The van der Waals surface area contributed by atoms with Gasteiger partial charge in [-0.05, 0) is 19.1 Å². The summed E-state index contributed by atoms with van der Waals surface area (Å²) in [6.45, 7) is 1.94. The lowest BCUT2D eigenvalue weighted by molar-refractivity contribution is 1.05. The first kappa shape index (κ1) is 8.66. The van der Waals surface area contributed by atoms with Gasteiger partial charge in [0.1, 0.15) is 10.0 Å². The second-order valence-electron chi connectivity index (χ2n) is 2.64. The summed E-state index contributed by atoms with van der Waals surface area (Å²) in [5.74, 6) is 0. The van der Waals surface area contributed by atoms with Crippen molar-refractivity contribution in [2.24, 2.45) is 0 Å². The summed E-state index contributed by atoms with van der Waals surface area (Å²) >= 11 is 7.43. The second kappa shape index (κ2) is 3.44. The predicted molar refractivity (Wildman–Crippen MR) is 55.1 cm³/mol. The Bertz CT molecular complexity index is 425. The van der Waals surface area contributed by atoms with E-state index in [2.05, 4.69) is 10.2 Å². The molecule has 0 aliphatic carbocycles. The molecule has 0 bridgehead atoms. The van der Waals surface area contributed by atoms with Gasteiger partial charge in [-0.25, -0.2) is 0 Å². The van der Waals surface area contributed by atoms with E-state index in [0.29, 0.717) is 0 Å². The maximum Gasteiger partial charge on any atom is 0.147 e. The van der Waals surface area contributed by atoms with Crippen LogP contribution in [-0.2, 0) is 0 Å². The lowest BCUT2D eigenvalue weighted by atomic mass is 10.2. The fourth-order valence-corrected chi connectivity index (χ4v) is 1.91. The average molecular weight is 211 g/mol. The van der Waals surface area contributed by atoms with Crippen LogP contribution in [0, 0.1) is 6.92 Å². The molecule has 2 aromatic rings. The molecule has 2 nitrogen and oxygen atoms in total. The largest absolute Gasteiger partial charge is 0.147 e. The fraction of sp³-hybridized carbons (Fsp3) is 0.111. The summed E-state index contributed by atoms with van der Waals surface area (Å²) in [7, 11) is 0. The van der Waals surface area contributed by atoms with Crippen molar-refractivity contribution in [3.05, 3.63) is 34.3 Å². The first-order valence-corrected chi connectivity index (χ1v) is 5.01. The summed E-state index contributed by atoms with van der Waals surface area (Å²) in [6, 6.07) is 7.63. The molecule has 4 heteroatoms. The van der Waals surface area contributed by atoms with Crippen LogP contribution in [0.1, 0.15) is 5.01 Å². The van der Waals surface area contributed by atoms with Crippen LogP contribution in [0.2, 0.25) is 5.02 Å². The number of rotatable bonds is 1. The van der Waals surface area contributed by atoms with Crippen LogP contribution < -0.4 is 0 Å². The summed E-state index contributed by atoms with van der Waals surface area (Å²) in [6.07, 6.45) is 0. The van der Waals surface area contributed by atoms with Crippen LogP contribution in [0.5, 0.6) is 0 Å². The van der Waals surface area contributed by atoms with Gasteiger partial charge in [0.15, 0.2) is 0 Å². The van der Waals surface area contributed by atoms with E-state index in [9.17, 15) is 0 Å². The van der Waals surface area contributed by atoms with Crippen molar-refractivity contribution in [1.29, 1.82) is 0 Å². The minimum atomic E-state index is 0.727. The Morgan fingerprint density at radius 1 is 1.31 bits per heavy atom. The van der Waals surface area contributed by atoms with Crippen LogP contribution in [0.15, 0.2) is 24.3 Å². The van der Waals surface area contributed by atoms with Gasteiger partial charge < -0.3 is 0 Å². The molecule has 0 fully saturated rings. The van der Waals surface area contributed by atoms with Gasteiger partial charge in [0.25, 0.3) is 0 Å². The van der Waals surface area contributed by atoms with Crippen molar-refractivity contribution in [2.45, 2.75) is 6.92 Å². The zero-order chi connectivity index (χ0) is 9.26. The Hall–Kier alpha value is -0.930. The molecule has 66 valence electrons. The van der Waals surface area contributed by atoms with Gasteiger partial charge in [0.2, 0.25) is 0 Å². The molecule has 0 spiro atoms. The number of nitrogens with zero attached hydrogens (tertiary/aromatic N) is 2. The molecule has 2 rings (SSSR count). The van der Waals surface area contributed by atoms with E-state index in [-0.39, 0.29) is 0 Å². The van der Waals surface area contributed by atoms with Crippen LogP contribution in [-0.4, -0.2) is 10.2 Å². The van der Waals surface area contributed by atoms with Crippen molar-refractivity contribution < 1.29 is 0 Å². The zero-order valence-corrected chi connectivity index (χ0v) is 8.56. The van der Waals surface area contributed by atoms with Crippen LogP contribution in [0.25, 0.3) is 10.6 Å². The first-order valence-electron chi connectivity index (χ1n) is 3.82. The van der Waals surface area contributed by atoms with Crippen molar-refractivity contribution >= 4 is 22.9 Å². The molecule has 0 amide bonds. The number of aromatic nitrogens is 2. The molecular formula is C9H7ClN2S. The van der Waals surface area contributed by atoms with E-state index in [4.69, 9.17) is 11.6 Å². The van der Waals surface area contributed by atoms with Gasteiger partial charge in [-0.2, -0.15) is 0 Å². The smallest absolute Gasteiger partial charge is 0.143 e. The number of halogens is 1. The molecule has 0 atom stereocenters. The topological polar surface area (TPSA) is 25.8 Å². The first-order chi connectivity index (χ1) is 6.25. The van der Waals surface area contributed by atoms with E-state index < -0.39 is 0 Å². The molecule has 1 aromatic carbocycles. The van der Waals surface area contributed by atoms with Crippen molar-refractivity contribution in [3.8, 4) is 10.6 Å². The standard InChI is InChI=1S/C9H7ClN2S/c1-6-11-12-9(13-6)7-3-2-4-8(10)5-7/h2-5H,1H3. The Balaban J connectivity index is 2.46. The highest BCUT2D eigenvalue weighted by Crippen LogP contribution is 2.25. The van der Waals surface area contributed by atoms with Gasteiger partial charge >= 0.3 is 0 Å². The van der Waals surface area contributed by atoms with Gasteiger partial charge in [-0.1, -0.05) is 35.1 Å². The normalized spacial score (nSPS) is 10.3. The Morgan fingerprint density at radius 2 is 2.15 bits per heavy atom. The van der Waals surface area contributed by atoms with E-state index in [0.717, 1.165) is 20.6 Å². The zero-order valence-electron chi connectivity index (χ0n) is 6.99. The summed E-state index contributed by atoms with van der Waals surface area (Å²) in [5, 5.41) is 10.6. The van der Waals surface area contributed by atoms with E-state index in [1.165, 1.54) is 0 Å². The van der Waals surface area contributed by atoms with Gasteiger partial charge in [-0.15, -0.1) is 10.2 Å². The van der Waals surface area contributed by atoms with Crippen molar-refractivity contribution in [3.63, 3.8) is 0 Å². The highest BCUT2D eigenvalue weighted by atomic mass is 35.5. The third kappa shape index (κ3) is 1.87. The minimum Gasteiger partial charge on any atom is -0.143 e. The van der Waals surface area contributed by atoms with Crippen LogP contribution in [0.3, 0.4) is 0 Å². The van der Waals surface area contributed by atoms with Crippen LogP contribution in [0.4, 0.5) is 0 Å². The monoisotopic (exact) mass is 210 g/mol. The highest BCUT2D eigenvalue weighted by molar-refractivity contribution is 7.14. The summed E-state index contributed by atoms with van der Waals surface area (Å²) in [5.41, 5.74) is 1.03. The van der Waals surface area contributed by atoms with E-state index >= 15 is 0 Å². The average Bonchev–Trinajstić information content (AvgIpc) is 2.52. The molecule has 0 radical (unpaired) electrons. The van der Waals surface area contributed by atoms with Gasteiger partial charge in [0.05, 0.1) is 0 Å². The van der Waals surface area contributed by atoms with Crippen molar-refractivity contribution in [2.75, 3.05) is 0 Å². The third-order valence-electron chi connectivity index (χ3n) is 1.60. The van der Waals surface area contributed by atoms with E-state index in [1.54, 1.807) is 11.3 Å².